The van der Waals surface area contributed by atoms with E-state index in [1.54, 1.807) is 62.8 Å². The fourth-order valence-corrected chi connectivity index (χ4v) is 2.40. The Morgan fingerprint density at radius 1 is 1.00 bits per heavy atom. The summed E-state index contributed by atoms with van der Waals surface area (Å²) < 4.78 is 10.4. The zero-order valence-electron chi connectivity index (χ0n) is 15.9. The number of amides is 2. The summed E-state index contributed by atoms with van der Waals surface area (Å²) in [5, 5.41) is 5.56. The molecule has 2 aromatic carbocycles. The molecule has 27 heavy (non-hydrogen) atoms. The predicted octanol–water partition coefficient (Wildman–Crippen LogP) is 3.49. The molecule has 6 heteroatoms. The molecule has 0 unspecified atom stereocenters. The zero-order valence-corrected chi connectivity index (χ0v) is 15.9. The Morgan fingerprint density at radius 3 is 2.22 bits per heavy atom. The minimum Gasteiger partial charge on any atom is -0.497 e. The first-order chi connectivity index (χ1) is 12.9. The smallest absolute Gasteiger partial charge is 0.253 e. The zero-order chi connectivity index (χ0) is 19.8. The molecule has 0 saturated carbocycles. The topological polar surface area (TPSA) is 76.7 Å². The molecule has 0 radical (unpaired) electrons. The van der Waals surface area contributed by atoms with Crippen LogP contribution in [0.3, 0.4) is 0 Å². The highest BCUT2D eigenvalue weighted by molar-refractivity contribution is 6.07. The Morgan fingerprint density at radius 2 is 1.63 bits per heavy atom. The Kier molecular flexibility index (Phi) is 7.00. The molecule has 0 bridgehead atoms. The average molecular weight is 368 g/mol. The van der Waals surface area contributed by atoms with Crippen LogP contribution in [-0.2, 0) is 4.79 Å². The monoisotopic (exact) mass is 368 g/mol. The quantitative estimate of drug-likeness (QED) is 0.734. The molecule has 0 spiro atoms. The summed E-state index contributed by atoms with van der Waals surface area (Å²) in [6, 6.07) is 12.2. The highest BCUT2D eigenvalue weighted by Crippen LogP contribution is 2.23. The van der Waals surface area contributed by atoms with E-state index in [1.165, 1.54) is 6.08 Å². The molecular weight excluding hydrogens is 344 g/mol. The number of anilines is 1. The fraction of sp³-hybridized carbons (Fsp3) is 0.238. The van der Waals surface area contributed by atoms with E-state index >= 15 is 0 Å². The van der Waals surface area contributed by atoms with Crippen molar-refractivity contribution in [3.8, 4) is 11.5 Å². The summed E-state index contributed by atoms with van der Waals surface area (Å²) in [5.41, 5.74) is 1.62. The second kappa shape index (κ2) is 9.43. The lowest BCUT2D eigenvalue weighted by Gasteiger charge is -2.12. The summed E-state index contributed by atoms with van der Waals surface area (Å²) in [6.45, 7) is 3.76. The number of carbonyl (C=O) groups is 2. The molecule has 0 heterocycles. The summed E-state index contributed by atoms with van der Waals surface area (Å²) in [7, 11) is 3.13. The van der Waals surface area contributed by atoms with Crippen molar-refractivity contribution < 1.29 is 19.1 Å². The van der Waals surface area contributed by atoms with Crippen LogP contribution in [0.15, 0.2) is 48.5 Å². The summed E-state index contributed by atoms with van der Waals surface area (Å²) >= 11 is 0. The van der Waals surface area contributed by atoms with E-state index in [-0.39, 0.29) is 17.9 Å². The van der Waals surface area contributed by atoms with Gasteiger partial charge in [0.15, 0.2) is 0 Å². The fourth-order valence-electron chi connectivity index (χ4n) is 2.40. The van der Waals surface area contributed by atoms with E-state index in [0.29, 0.717) is 22.7 Å². The number of nitrogens with one attached hydrogen (secondary N) is 2. The third kappa shape index (κ3) is 5.88. The number of rotatable bonds is 7. The Bertz CT molecular complexity index is 822. The lowest BCUT2D eigenvalue weighted by molar-refractivity contribution is -0.111. The predicted molar refractivity (Wildman–Crippen MR) is 106 cm³/mol. The van der Waals surface area contributed by atoms with Gasteiger partial charge in [-0.25, -0.2) is 0 Å². The maximum atomic E-state index is 12.3. The van der Waals surface area contributed by atoms with Crippen LogP contribution in [0.25, 0.3) is 6.08 Å². The van der Waals surface area contributed by atoms with Crippen molar-refractivity contribution in [3.63, 3.8) is 0 Å². The van der Waals surface area contributed by atoms with Crippen molar-refractivity contribution >= 4 is 23.6 Å². The number of hydrogen-bond acceptors (Lipinski definition) is 4. The van der Waals surface area contributed by atoms with Gasteiger partial charge in [0.05, 0.1) is 25.5 Å². The molecule has 2 N–H and O–H groups in total. The lowest BCUT2D eigenvalue weighted by Crippen LogP contribution is -2.30. The second-order valence-corrected chi connectivity index (χ2v) is 6.14. The summed E-state index contributed by atoms with van der Waals surface area (Å²) in [6.07, 6.45) is 3.04. The molecule has 2 aromatic rings. The van der Waals surface area contributed by atoms with Crippen LogP contribution in [0.1, 0.15) is 29.8 Å². The number of methoxy groups -OCH3 is 2. The van der Waals surface area contributed by atoms with Crippen LogP contribution in [0, 0.1) is 0 Å². The van der Waals surface area contributed by atoms with E-state index in [4.69, 9.17) is 9.47 Å². The van der Waals surface area contributed by atoms with Gasteiger partial charge in [0.1, 0.15) is 11.5 Å². The van der Waals surface area contributed by atoms with Crippen LogP contribution >= 0.6 is 0 Å². The van der Waals surface area contributed by atoms with Crippen LogP contribution < -0.4 is 20.1 Å². The Balaban J connectivity index is 2.15. The number of carbonyl (C=O) groups excluding carboxylic acids is 2. The molecule has 0 saturated heterocycles. The average Bonchev–Trinajstić information content (AvgIpc) is 2.65. The van der Waals surface area contributed by atoms with Crippen molar-refractivity contribution in [1.82, 2.24) is 5.32 Å². The molecule has 2 amide bonds. The first-order valence-corrected chi connectivity index (χ1v) is 8.55. The van der Waals surface area contributed by atoms with Gasteiger partial charge in [0.2, 0.25) is 5.91 Å². The third-order valence-electron chi connectivity index (χ3n) is 3.65. The molecule has 6 nitrogen and oxygen atoms in total. The van der Waals surface area contributed by atoms with E-state index in [2.05, 4.69) is 10.6 Å². The summed E-state index contributed by atoms with van der Waals surface area (Å²) in [5.74, 6) is 0.680. The SMILES string of the molecule is COc1cc(/C=C/C(=O)Nc2ccccc2C(=O)NC(C)C)cc(OC)c1. The number of benzene rings is 2. The Hall–Kier alpha value is -3.28. The van der Waals surface area contributed by atoms with Gasteiger partial charge in [0, 0.05) is 18.2 Å². The van der Waals surface area contributed by atoms with E-state index in [0.717, 1.165) is 5.56 Å². The first-order valence-electron chi connectivity index (χ1n) is 8.55. The normalized spacial score (nSPS) is 10.7. The molecule has 0 atom stereocenters. The maximum Gasteiger partial charge on any atom is 0.253 e. The second-order valence-electron chi connectivity index (χ2n) is 6.14. The van der Waals surface area contributed by atoms with Gasteiger partial charge in [-0.2, -0.15) is 0 Å². The molecule has 142 valence electrons. The van der Waals surface area contributed by atoms with Crippen molar-refractivity contribution in [2.24, 2.45) is 0 Å². The molecule has 0 aliphatic carbocycles. The standard InChI is InChI=1S/C21H24N2O4/c1-14(2)22-21(25)18-7-5-6-8-19(18)23-20(24)10-9-15-11-16(26-3)13-17(12-15)27-4/h5-14H,1-4H3,(H,22,25)(H,23,24)/b10-9+. The summed E-state index contributed by atoms with van der Waals surface area (Å²) in [4.78, 5) is 24.6. The number of hydrogen-bond donors (Lipinski definition) is 2. The van der Waals surface area contributed by atoms with Crippen molar-refractivity contribution in [3.05, 3.63) is 59.7 Å². The van der Waals surface area contributed by atoms with E-state index < -0.39 is 0 Å². The minimum absolute atomic E-state index is 0.00388. The molecule has 0 aromatic heterocycles. The van der Waals surface area contributed by atoms with Gasteiger partial charge in [-0.15, -0.1) is 0 Å². The van der Waals surface area contributed by atoms with Gasteiger partial charge in [-0.05, 0) is 49.8 Å². The van der Waals surface area contributed by atoms with Gasteiger partial charge < -0.3 is 20.1 Å². The molecule has 0 aliphatic rings. The van der Waals surface area contributed by atoms with Gasteiger partial charge in [-0.3, -0.25) is 9.59 Å². The van der Waals surface area contributed by atoms with Crippen molar-refractivity contribution in [2.75, 3.05) is 19.5 Å². The van der Waals surface area contributed by atoms with Crippen LogP contribution in [0.4, 0.5) is 5.69 Å². The molecule has 0 aliphatic heterocycles. The minimum atomic E-state index is -0.346. The van der Waals surface area contributed by atoms with Crippen LogP contribution in [0.5, 0.6) is 11.5 Å². The van der Waals surface area contributed by atoms with E-state index in [9.17, 15) is 9.59 Å². The van der Waals surface area contributed by atoms with Gasteiger partial charge in [0.25, 0.3) is 5.91 Å². The van der Waals surface area contributed by atoms with Crippen LogP contribution in [-0.4, -0.2) is 32.1 Å². The highest BCUT2D eigenvalue weighted by atomic mass is 16.5. The first kappa shape index (κ1) is 20.0. The van der Waals surface area contributed by atoms with Crippen molar-refractivity contribution in [1.29, 1.82) is 0 Å². The number of para-hydroxylation sites is 1. The molecular formula is C21H24N2O4. The largest absolute Gasteiger partial charge is 0.497 e. The molecule has 2 rings (SSSR count). The Labute approximate surface area is 159 Å². The van der Waals surface area contributed by atoms with E-state index in [1.807, 2.05) is 13.8 Å². The van der Waals surface area contributed by atoms with Crippen LogP contribution in [0.2, 0.25) is 0 Å². The van der Waals surface area contributed by atoms with Gasteiger partial charge >= 0.3 is 0 Å². The number of ether oxygens (including phenoxy) is 2. The van der Waals surface area contributed by atoms with Gasteiger partial charge in [-0.1, -0.05) is 12.1 Å². The highest BCUT2D eigenvalue weighted by Gasteiger charge is 2.12. The lowest BCUT2D eigenvalue weighted by atomic mass is 10.1. The van der Waals surface area contributed by atoms with Crippen molar-refractivity contribution in [2.45, 2.75) is 19.9 Å². The third-order valence-corrected chi connectivity index (χ3v) is 3.65. The maximum absolute atomic E-state index is 12.3. The molecule has 0 fully saturated rings.